The predicted octanol–water partition coefficient (Wildman–Crippen LogP) is 1.85. The number of hydrogen-bond donors (Lipinski definition) is 1. The molecule has 1 aromatic rings. The van der Waals surface area contributed by atoms with E-state index in [2.05, 4.69) is 14.0 Å². The number of hydrogen-bond acceptors (Lipinski definition) is 4. The van der Waals surface area contributed by atoms with Gasteiger partial charge in [-0.15, -0.1) is 0 Å². The molecule has 6 heteroatoms. The number of likely N-dealkylation sites (N-methyl/N-ethyl adjacent to an activating group) is 1. The Morgan fingerprint density at radius 1 is 1.26 bits per heavy atom. The summed E-state index contributed by atoms with van der Waals surface area (Å²) in [5.74, 6) is -0.898. The van der Waals surface area contributed by atoms with Gasteiger partial charge in [-0.05, 0) is 12.0 Å². The summed E-state index contributed by atoms with van der Waals surface area (Å²) in [4.78, 5) is 12.7. The third-order valence-electron chi connectivity index (χ3n) is 6.79. The van der Waals surface area contributed by atoms with Gasteiger partial charge in [0, 0.05) is 12.8 Å². The fourth-order valence-electron chi connectivity index (χ4n) is 5.23. The number of unbranched alkanes of at least 4 members (excludes halogenated alkanes) is 1. The van der Waals surface area contributed by atoms with Gasteiger partial charge in [0.05, 0.1) is 20.2 Å². The monoisotopic (exact) mass is 480 g/mol. The molecule has 27 heavy (non-hydrogen) atoms. The van der Waals surface area contributed by atoms with Crippen molar-refractivity contribution in [2.75, 3.05) is 20.2 Å². The second kappa shape index (κ2) is 8.39. The summed E-state index contributed by atoms with van der Waals surface area (Å²) in [5.41, 5.74) is 0.813. The quantitative estimate of drug-likeness (QED) is 0.281. The maximum Gasteiger partial charge on any atom is 4.00 e. The van der Waals surface area contributed by atoms with E-state index in [1.54, 1.807) is 0 Å². The molecule has 142 valence electrons. The molecule has 1 aromatic carbocycles. The number of rotatable bonds is 7. The van der Waals surface area contributed by atoms with Crippen molar-refractivity contribution < 1.29 is 23.9 Å². The first kappa shape index (κ1) is 21.1. The normalized spacial score (nSPS) is 37.1. The Kier molecular flexibility index (Phi) is 6.55. The Morgan fingerprint density at radius 2 is 1.89 bits per heavy atom. The summed E-state index contributed by atoms with van der Waals surface area (Å²) in [5, 5.41) is 9.70. The van der Waals surface area contributed by atoms with Gasteiger partial charge >= 0.3 is 29.9 Å². The number of carbonyl (C=O) groups excluding carboxylic acids is 1. The maximum absolute atomic E-state index is 12.7. The van der Waals surface area contributed by atoms with Crippen molar-refractivity contribution in [2.45, 2.75) is 68.9 Å². The van der Waals surface area contributed by atoms with Crippen LogP contribution >= 0.6 is 0 Å². The molecule has 5 atom stereocenters. The molecule has 0 aromatic heterocycles. The van der Waals surface area contributed by atoms with Crippen LogP contribution in [0.1, 0.15) is 44.1 Å². The molecule has 3 aliphatic rings. The van der Waals surface area contributed by atoms with E-state index < -0.39 is 5.92 Å². The van der Waals surface area contributed by atoms with Crippen LogP contribution in [0.15, 0.2) is 30.3 Å². The first-order chi connectivity index (χ1) is 12.6. The molecular formula is C21H30NO4Sn+5. The molecule has 2 bridgehead atoms. The van der Waals surface area contributed by atoms with Gasteiger partial charge in [-0.3, -0.25) is 4.79 Å². The molecule has 0 amide bonds. The maximum atomic E-state index is 12.7. The third-order valence-corrected chi connectivity index (χ3v) is 6.79. The van der Waals surface area contributed by atoms with E-state index in [-0.39, 0.29) is 42.6 Å². The number of aliphatic hydroxyl groups excluding tert-OH is 1. The number of esters is 1. The number of epoxide rings is 1. The Hall–Kier alpha value is -0.631. The van der Waals surface area contributed by atoms with Crippen LogP contribution in [-0.4, -0.2) is 90.1 Å². The SMILES string of the molecule is CCCC[N+]1(C)C2CC(OC(=O)C(CO)c3ccccc3)CC1C1OC12.[Sn+4]. The van der Waals surface area contributed by atoms with Crippen molar-refractivity contribution in [3.8, 4) is 0 Å². The Labute approximate surface area is 178 Å². The molecule has 3 fully saturated rings. The second-order valence-corrected chi connectivity index (χ2v) is 8.30. The fourth-order valence-corrected chi connectivity index (χ4v) is 5.23. The van der Waals surface area contributed by atoms with Crippen LogP contribution in [0.3, 0.4) is 0 Å². The van der Waals surface area contributed by atoms with Gasteiger partial charge < -0.3 is 19.1 Å². The van der Waals surface area contributed by atoms with Crippen LogP contribution in [-0.2, 0) is 14.3 Å². The number of piperidine rings is 1. The second-order valence-electron chi connectivity index (χ2n) is 8.30. The molecule has 0 aliphatic carbocycles. The zero-order valence-corrected chi connectivity index (χ0v) is 19.1. The van der Waals surface area contributed by atoms with Crippen molar-refractivity contribution in [3.05, 3.63) is 35.9 Å². The zero-order chi connectivity index (χ0) is 18.3. The summed E-state index contributed by atoms with van der Waals surface area (Å²) in [6.45, 7) is 3.20. The van der Waals surface area contributed by atoms with Crippen LogP contribution < -0.4 is 0 Å². The first-order valence-corrected chi connectivity index (χ1v) is 9.95. The van der Waals surface area contributed by atoms with Crippen molar-refractivity contribution in [1.29, 1.82) is 0 Å². The van der Waals surface area contributed by atoms with E-state index in [1.807, 2.05) is 30.3 Å². The van der Waals surface area contributed by atoms with E-state index in [4.69, 9.17) is 9.47 Å². The summed E-state index contributed by atoms with van der Waals surface area (Å²) >= 11 is 0. The molecule has 0 spiro atoms. The predicted molar refractivity (Wildman–Crippen MR) is 103 cm³/mol. The van der Waals surface area contributed by atoms with Gasteiger partial charge in [0.15, 0.2) is 0 Å². The fraction of sp³-hybridized carbons (Fsp3) is 0.667. The van der Waals surface area contributed by atoms with Gasteiger partial charge in [-0.1, -0.05) is 43.7 Å². The minimum Gasteiger partial charge on any atom is -0.461 e. The third kappa shape index (κ3) is 3.80. The number of ether oxygens (including phenoxy) is 2. The molecule has 3 aliphatic heterocycles. The topological polar surface area (TPSA) is 59.1 Å². The molecule has 1 N–H and O–H groups in total. The van der Waals surface area contributed by atoms with E-state index in [0.717, 1.165) is 22.9 Å². The number of carbonyl (C=O) groups is 1. The number of quaternary nitrogens is 1. The largest absolute Gasteiger partial charge is 4.00 e. The minimum atomic E-state index is -0.595. The van der Waals surface area contributed by atoms with Crippen molar-refractivity contribution in [2.24, 2.45) is 0 Å². The van der Waals surface area contributed by atoms with Gasteiger partial charge in [0.1, 0.15) is 36.3 Å². The molecule has 4 rings (SSSR count). The molecule has 5 unspecified atom stereocenters. The van der Waals surface area contributed by atoms with Gasteiger partial charge in [-0.2, -0.15) is 0 Å². The summed E-state index contributed by atoms with van der Waals surface area (Å²) < 4.78 is 12.9. The van der Waals surface area contributed by atoms with E-state index >= 15 is 0 Å². The summed E-state index contributed by atoms with van der Waals surface area (Å²) in [6, 6.07) is 10.3. The summed E-state index contributed by atoms with van der Waals surface area (Å²) in [6.07, 6.45) is 4.83. The molecule has 3 saturated heterocycles. The average Bonchev–Trinajstić information content (AvgIpc) is 3.40. The first-order valence-electron chi connectivity index (χ1n) is 9.95. The Morgan fingerprint density at radius 3 is 2.44 bits per heavy atom. The van der Waals surface area contributed by atoms with Gasteiger partial charge in [0.2, 0.25) is 0 Å². The molecule has 5 nitrogen and oxygen atoms in total. The Balaban J connectivity index is 0.00000210. The number of aliphatic hydroxyl groups is 1. The van der Waals surface area contributed by atoms with Crippen molar-refractivity contribution in [3.63, 3.8) is 0 Å². The standard InChI is InChI=1S/C21H30NO4.Sn/c1-3-4-10-22(2)17-11-15(12-18(22)20-19(17)26-20)25-21(24)16(13-23)14-8-6-5-7-9-14;/h5-9,15-20,23H,3-4,10-13H2,1-2H3;/q+1;+4. The smallest absolute Gasteiger partial charge is 0.461 e. The minimum absolute atomic E-state index is 0. The van der Waals surface area contributed by atoms with E-state index in [1.165, 1.54) is 19.4 Å². The zero-order valence-electron chi connectivity index (χ0n) is 16.2. The number of fused-ring (bicyclic) bond motifs is 5. The Bertz CT molecular complexity index is 637. The van der Waals surface area contributed by atoms with Crippen LogP contribution in [0, 0.1) is 0 Å². The molecular weight excluding hydrogens is 449 g/mol. The van der Waals surface area contributed by atoms with Crippen molar-refractivity contribution >= 4 is 29.9 Å². The van der Waals surface area contributed by atoms with Crippen LogP contribution in [0.5, 0.6) is 0 Å². The molecule has 0 radical (unpaired) electrons. The number of nitrogens with zero attached hydrogens (tertiary/aromatic N) is 1. The van der Waals surface area contributed by atoms with Crippen LogP contribution in [0.2, 0.25) is 0 Å². The average molecular weight is 479 g/mol. The van der Waals surface area contributed by atoms with Gasteiger partial charge in [-0.25, -0.2) is 0 Å². The van der Waals surface area contributed by atoms with Crippen LogP contribution in [0.4, 0.5) is 0 Å². The van der Waals surface area contributed by atoms with Gasteiger partial charge in [0.25, 0.3) is 0 Å². The number of benzene rings is 1. The number of morpholine rings is 1. The summed E-state index contributed by atoms with van der Waals surface area (Å²) in [7, 11) is 2.36. The van der Waals surface area contributed by atoms with E-state index in [0.29, 0.717) is 24.3 Å². The van der Waals surface area contributed by atoms with Crippen LogP contribution in [0.25, 0.3) is 0 Å². The van der Waals surface area contributed by atoms with E-state index in [9.17, 15) is 9.90 Å². The molecule has 3 heterocycles. The molecule has 0 saturated carbocycles. The van der Waals surface area contributed by atoms with Crippen molar-refractivity contribution in [1.82, 2.24) is 0 Å².